The van der Waals surface area contributed by atoms with Crippen LogP contribution in [0.2, 0.25) is 5.02 Å². The summed E-state index contributed by atoms with van der Waals surface area (Å²) in [6.45, 7) is 5.43. The Hall–Kier alpha value is -3.31. The monoisotopic (exact) mass is 420 g/mol. The Bertz CT molecular complexity index is 1220. The first kappa shape index (κ1) is 20.0. The molecule has 0 radical (unpaired) electrons. The van der Waals surface area contributed by atoms with E-state index in [1.54, 1.807) is 32.0 Å². The molecule has 1 heterocycles. The van der Waals surface area contributed by atoms with Crippen LogP contribution in [0, 0.1) is 6.92 Å². The van der Waals surface area contributed by atoms with Crippen LogP contribution in [0.4, 0.5) is 5.69 Å². The smallest absolute Gasteiger partial charge is 0.267 e. The highest BCUT2D eigenvalue weighted by Crippen LogP contribution is 2.33. The molecule has 0 aliphatic carbocycles. The molecular formula is C24H21ClN2O3. The predicted octanol–water partition coefficient (Wildman–Crippen LogP) is 6.25. The van der Waals surface area contributed by atoms with Crippen molar-refractivity contribution in [2.24, 2.45) is 0 Å². The Kier molecular flexibility index (Phi) is 5.22. The fourth-order valence-corrected chi connectivity index (χ4v) is 3.23. The zero-order valence-corrected chi connectivity index (χ0v) is 17.7. The lowest BCUT2D eigenvalue weighted by Crippen LogP contribution is -2.42. The number of para-hydroxylation sites is 1. The maximum atomic E-state index is 12.8. The van der Waals surface area contributed by atoms with Crippen molar-refractivity contribution < 1.29 is 13.9 Å². The molecule has 152 valence electrons. The number of amides is 1. The first-order valence-corrected chi connectivity index (χ1v) is 9.92. The Morgan fingerprint density at radius 3 is 2.60 bits per heavy atom. The van der Waals surface area contributed by atoms with Gasteiger partial charge in [0, 0.05) is 5.69 Å². The second kappa shape index (κ2) is 7.84. The number of rotatable bonds is 5. The van der Waals surface area contributed by atoms with Crippen LogP contribution >= 0.6 is 11.6 Å². The number of ether oxygens (including phenoxy) is 1. The van der Waals surface area contributed by atoms with Crippen LogP contribution in [-0.2, 0) is 4.79 Å². The van der Waals surface area contributed by atoms with E-state index in [1.807, 2.05) is 55.5 Å². The van der Waals surface area contributed by atoms with Gasteiger partial charge in [0.05, 0.1) is 10.6 Å². The molecule has 0 spiro atoms. The zero-order chi connectivity index (χ0) is 21.3. The second-order valence-corrected chi connectivity index (χ2v) is 7.97. The van der Waals surface area contributed by atoms with E-state index in [9.17, 15) is 4.79 Å². The summed E-state index contributed by atoms with van der Waals surface area (Å²) in [5.41, 5.74) is 2.63. The second-order valence-electron chi connectivity index (χ2n) is 7.56. The molecule has 0 atom stereocenters. The van der Waals surface area contributed by atoms with Crippen LogP contribution in [0.15, 0.2) is 71.1 Å². The van der Waals surface area contributed by atoms with E-state index in [1.165, 1.54) is 0 Å². The largest absolute Gasteiger partial charge is 0.478 e. The number of hydrogen-bond donors (Lipinski definition) is 1. The first-order chi connectivity index (χ1) is 14.3. The summed E-state index contributed by atoms with van der Waals surface area (Å²) < 4.78 is 11.7. The van der Waals surface area contributed by atoms with Crippen LogP contribution in [-0.4, -0.2) is 16.5 Å². The average Bonchev–Trinajstić information content (AvgIpc) is 3.12. The van der Waals surface area contributed by atoms with Crippen molar-refractivity contribution in [1.82, 2.24) is 4.98 Å². The standard InChI is InChI=1S/C24H21ClN2O3/c1-15-9-12-21-20(13-15)27-22(29-21)18-14-16(10-11-19(18)25)26-23(28)24(2,3)30-17-7-5-4-6-8-17/h4-14H,1-3H3,(H,26,28). The van der Waals surface area contributed by atoms with Gasteiger partial charge in [-0.05, 0) is 68.8 Å². The van der Waals surface area contributed by atoms with Gasteiger partial charge in [0.2, 0.25) is 5.89 Å². The maximum absolute atomic E-state index is 12.8. The van der Waals surface area contributed by atoms with Gasteiger partial charge in [-0.2, -0.15) is 0 Å². The third kappa shape index (κ3) is 4.16. The van der Waals surface area contributed by atoms with Gasteiger partial charge in [-0.3, -0.25) is 4.79 Å². The third-order valence-corrected chi connectivity index (χ3v) is 4.99. The van der Waals surface area contributed by atoms with Gasteiger partial charge in [0.1, 0.15) is 11.3 Å². The van der Waals surface area contributed by atoms with Gasteiger partial charge in [-0.25, -0.2) is 4.98 Å². The van der Waals surface area contributed by atoms with Crippen LogP contribution < -0.4 is 10.1 Å². The van der Waals surface area contributed by atoms with E-state index in [4.69, 9.17) is 20.8 Å². The van der Waals surface area contributed by atoms with Crippen molar-refractivity contribution in [3.8, 4) is 17.2 Å². The van der Waals surface area contributed by atoms with E-state index in [0.717, 1.165) is 11.1 Å². The predicted molar refractivity (Wildman–Crippen MR) is 119 cm³/mol. The number of aromatic nitrogens is 1. The van der Waals surface area contributed by atoms with Gasteiger partial charge in [0.15, 0.2) is 11.2 Å². The summed E-state index contributed by atoms with van der Waals surface area (Å²) in [4.78, 5) is 17.4. The van der Waals surface area contributed by atoms with Crippen LogP contribution in [0.3, 0.4) is 0 Å². The number of nitrogens with one attached hydrogen (secondary N) is 1. The van der Waals surface area contributed by atoms with E-state index in [2.05, 4.69) is 10.3 Å². The lowest BCUT2D eigenvalue weighted by atomic mass is 10.1. The fourth-order valence-electron chi connectivity index (χ4n) is 3.03. The molecule has 5 nitrogen and oxygen atoms in total. The number of aryl methyl sites for hydroxylation is 1. The molecule has 0 bridgehead atoms. The SMILES string of the molecule is Cc1ccc2oc(-c3cc(NC(=O)C(C)(C)Oc4ccccc4)ccc3Cl)nc2c1. The van der Waals surface area contributed by atoms with Crippen molar-refractivity contribution in [2.75, 3.05) is 5.32 Å². The number of oxazole rings is 1. The molecule has 1 aromatic heterocycles. The minimum atomic E-state index is -1.07. The molecule has 0 aliphatic rings. The van der Waals surface area contributed by atoms with E-state index in [-0.39, 0.29) is 5.91 Å². The number of anilines is 1. The molecule has 30 heavy (non-hydrogen) atoms. The molecule has 0 fully saturated rings. The van der Waals surface area contributed by atoms with Crippen molar-refractivity contribution in [2.45, 2.75) is 26.4 Å². The highest BCUT2D eigenvalue weighted by molar-refractivity contribution is 6.33. The summed E-state index contributed by atoms with van der Waals surface area (Å²) in [5, 5.41) is 3.37. The van der Waals surface area contributed by atoms with E-state index < -0.39 is 5.60 Å². The highest BCUT2D eigenvalue weighted by Gasteiger charge is 2.30. The Labute approximate surface area is 179 Å². The van der Waals surface area contributed by atoms with Gasteiger partial charge in [-0.1, -0.05) is 35.9 Å². The van der Waals surface area contributed by atoms with Gasteiger partial charge >= 0.3 is 0 Å². The Morgan fingerprint density at radius 1 is 1.07 bits per heavy atom. The molecule has 4 aromatic rings. The Balaban J connectivity index is 1.58. The van der Waals surface area contributed by atoms with Gasteiger partial charge in [-0.15, -0.1) is 0 Å². The average molecular weight is 421 g/mol. The molecule has 4 rings (SSSR count). The maximum Gasteiger partial charge on any atom is 0.267 e. The lowest BCUT2D eigenvalue weighted by Gasteiger charge is -2.25. The number of nitrogens with zero attached hydrogens (tertiary/aromatic N) is 1. The van der Waals surface area contributed by atoms with Crippen LogP contribution in [0.5, 0.6) is 5.75 Å². The summed E-state index contributed by atoms with van der Waals surface area (Å²) in [7, 11) is 0. The number of carbonyl (C=O) groups excluding carboxylic acids is 1. The molecule has 0 saturated heterocycles. The molecule has 1 N–H and O–H groups in total. The molecule has 0 unspecified atom stereocenters. The van der Waals surface area contributed by atoms with Gasteiger partial charge in [0.25, 0.3) is 5.91 Å². The van der Waals surface area contributed by atoms with E-state index in [0.29, 0.717) is 33.5 Å². The van der Waals surface area contributed by atoms with E-state index >= 15 is 0 Å². The molecule has 6 heteroatoms. The fraction of sp³-hybridized carbons (Fsp3) is 0.167. The third-order valence-electron chi connectivity index (χ3n) is 4.66. The number of hydrogen-bond acceptors (Lipinski definition) is 4. The van der Waals surface area contributed by atoms with Crippen LogP contribution in [0.1, 0.15) is 19.4 Å². The molecule has 1 amide bonds. The Morgan fingerprint density at radius 2 is 1.83 bits per heavy atom. The number of halogens is 1. The first-order valence-electron chi connectivity index (χ1n) is 9.54. The zero-order valence-electron chi connectivity index (χ0n) is 16.9. The number of benzene rings is 3. The molecular weight excluding hydrogens is 400 g/mol. The van der Waals surface area contributed by atoms with Crippen LogP contribution in [0.25, 0.3) is 22.6 Å². The number of fused-ring (bicyclic) bond motifs is 1. The quantitative estimate of drug-likeness (QED) is 0.414. The van der Waals surface area contributed by atoms with Gasteiger partial charge < -0.3 is 14.5 Å². The minimum absolute atomic E-state index is 0.284. The van der Waals surface area contributed by atoms with Crippen molar-refractivity contribution in [1.29, 1.82) is 0 Å². The van der Waals surface area contributed by atoms with Crippen molar-refractivity contribution in [3.63, 3.8) is 0 Å². The summed E-state index contributed by atoms with van der Waals surface area (Å²) in [6.07, 6.45) is 0. The highest BCUT2D eigenvalue weighted by atomic mass is 35.5. The molecule has 0 saturated carbocycles. The summed E-state index contributed by atoms with van der Waals surface area (Å²) in [5.74, 6) is 0.737. The molecule has 3 aromatic carbocycles. The number of carbonyl (C=O) groups is 1. The van der Waals surface area contributed by atoms with Crippen molar-refractivity contribution in [3.05, 3.63) is 77.3 Å². The normalized spacial score (nSPS) is 11.5. The lowest BCUT2D eigenvalue weighted by molar-refractivity contribution is -0.128. The minimum Gasteiger partial charge on any atom is -0.478 e. The topological polar surface area (TPSA) is 64.4 Å². The summed E-state index contributed by atoms with van der Waals surface area (Å²) in [6, 6.07) is 20.2. The summed E-state index contributed by atoms with van der Waals surface area (Å²) >= 11 is 6.39. The van der Waals surface area contributed by atoms with Crippen molar-refractivity contribution >= 4 is 34.3 Å². The molecule has 0 aliphatic heterocycles.